The highest BCUT2D eigenvalue weighted by molar-refractivity contribution is 6.23. The minimum Gasteiger partial charge on any atom is -0.297 e. The van der Waals surface area contributed by atoms with Crippen LogP contribution in [0.1, 0.15) is 37.2 Å². The molecule has 2 saturated heterocycles. The minimum absolute atomic E-state index is 0.103. The van der Waals surface area contributed by atoms with E-state index in [9.17, 15) is 27.6 Å². The molecule has 3 aromatic carbocycles. The van der Waals surface area contributed by atoms with E-state index in [1.807, 2.05) is 13.8 Å². The molecule has 0 aliphatic carbocycles. The van der Waals surface area contributed by atoms with Crippen molar-refractivity contribution in [3.63, 3.8) is 0 Å². The summed E-state index contributed by atoms with van der Waals surface area (Å²) in [5.74, 6) is -3.16. The first-order valence-electron chi connectivity index (χ1n) is 13.5. The second kappa shape index (κ2) is 8.59. The molecule has 41 heavy (non-hydrogen) atoms. The van der Waals surface area contributed by atoms with Gasteiger partial charge in [0, 0.05) is 11.6 Å². The predicted octanol–water partition coefficient (Wildman–Crippen LogP) is 4.79. The van der Waals surface area contributed by atoms with Gasteiger partial charge in [0.15, 0.2) is 0 Å². The Bertz CT molecular complexity index is 1830. The number of hydrogen-bond acceptors (Lipinski definition) is 5. The third-order valence-electron chi connectivity index (χ3n) is 8.54. The molecule has 2 fully saturated rings. The van der Waals surface area contributed by atoms with Crippen molar-refractivity contribution in [3.8, 4) is 5.69 Å². The third-order valence-corrected chi connectivity index (χ3v) is 8.54. The van der Waals surface area contributed by atoms with E-state index in [1.54, 1.807) is 48.5 Å². The number of aromatic nitrogens is 2. The van der Waals surface area contributed by atoms with Crippen LogP contribution in [0.3, 0.4) is 0 Å². The molecule has 1 N–H and O–H groups in total. The van der Waals surface area contributed by atoms with Gasteiger partial charge in [0.2, 0.25) is 11.8 Å². The number of halogens is 3. The summed E-state index contributed by atoms with van der Waals surface area (Å²) in [5, 5.41) is 3.96. The number of amides is 2. The second-order valence-corrected chi connectivity index (χ2v) is 11.3. The van der Waals surface area contributed by atoms with Gasteiger partial charge in [-0.3, -0.25) is 24.3 Å². The van der Waals surface area contributed by atoms with Gasteiger partial charge in [-0.05, 0) is 42.7 Å². The third kappa shape index (κ3) is 3.37. The molecule has 0 unspecified atom stereocenters. The molecule has 2 amide bonds. The van der Waals surface area contributed by atoms with Crippen molar-refractivity contribution in [2.75, 3.05) is 4.90 Å². The predicted molar refractivity (Wildman–Crippen MR) is 145 cm³/mol. The van der Waals surface area contributed by atoms with Crippen LogP contribution >= 0.6 is 0 Å². The number of para-hydroxylation sites is 3. The zero-order valence-electron chi connectivity index (χ0n) is 22.1. The Kier molecular flexibility index (Phi) is 5.38. The van der Waals surface area contributed by atoms with E-state index in [0.29, 0.717) is 33.5 Å². The lowest BCUT2D eigenvalue weighted by molar-refractivity contribution is -0.137. The Morgan fingerprint density at radius 1 is 0.902 bits per heavy atom. The molecule has 7 rings (SSSR count). The van der Waals surface area contributed by atoms with Crippen LogP contribution in [0.25, 0.3) is 16.6 Å². The SMILES string of the molecule is CC(C)C[C@@H]1N[C@@]2(c3ccccc3-n3c2nc2ccccc2c3=O)[C@H]2C(=O)N(c3ccccc3C(F)(F)F)C(=O)[C@@H]12. The van der Waals surface area contributed by atoms with Gasteiger partial charge in [-0.15, -0.1) is 0 Å². The lowest BCUT2D eigenvalue weighted by Crippen LogP contribution is -2.50. The summed E-state index contributed by atoms with van der Waals surface area (Å²) in [6, 6.07) is 18.1. The summed E-state index contributed by atoms with van der Waals surface area (Å²) in [6.07, 6.45) is -4.29. The van der Waals surface area contributed by atoms with Gasteiger partial charge in [-0.2, -0.15) is 13.2 Å². The number of nitrogens with zero attached hydrogens (tertiary/aromatic N) is 3. The Labute approximate surface area is 232 Å². The normalized spacial score (nSPS) is 24.9. The van der Waals surface area contributed by atoms with Gasteiger partial charge >= 0.3 is 6.18 Å². The zero-order valence-corrected chi connectivity index (χ0v) is 22.1. The number of benzene rings is 3. The Balaban J connectivity index is 1.51. The fourth-order valence-electron chi connectivity index (χ4n) is 7.08. The second-order valence-electron chi connectivity index (χ2n) is 11.3. The number of nitrogens with one attached hydrogen (secondary N) is 1. The monoisotopic (exact) mass is 558 g/mol. The molecule has 1 spiro atoms. The molecule has 0 radical (unpaired) electrons. The Morgan fingerprint density at radius 3 is 2.29 bits per heavy atom. The number of imide groups is 1. The summed E-state index contributed by atoms with van der Waals surface area (Å²) < 4.78 is 43.7. The molecule has 10 heteroatoms. The van der Waals surface area contributed by atoms with Gasteiger partial charge in [-0.1, -0.05) is 56.3 Å². The van der Waals surface area contributed by atoms with Crippen LogP contribution in [-0.4, -0.2) is 27.4 Å². The molecule has 4 aromatic rings. The molecule has 3 aliphatic rings. The minimum atomic E-state index is -4.78. The van der Waals surface area contributed by atoms with E-state index in [4.69, 9.17) is 4.98 Å². The average Bonchev–Trinajstić information content (AvgIpc) is 3.51. The van der Waals surface area contributed by atoms with Crippen LogP contribution in [-0.2, 0) is 21.3 Å². The van der Waals surface area contributed by atoms with E-state index in [2.05, 4.69) is 5.32 Å². The number of carbonyl (C=O) groups is 2. The van der Waals surface area contributed by atoms with Gasteiger partial charge in [0.05, 0.1) is 39.7 Å². The number of hydrogen-bond donors (Lipinski definition) is 1. The van der Waals surface area contributed by atoms with Crippen LogP contribution in [0.5, 0.6) is 0 Å². The maximum atomic E-state index is 14.4. The van der Waals surface area contributed by atoms with Crippen LogP contribution < -0.4 is 15.8 Å². The molecule has 3 aliphatic heterocycles. The van der Waals surface area contributed by atoms with Crippen molar-refractivity contribution in [2.24, 2.45) is 17.8 Å². The van der Waals surface area contributed by atoms with Gasteiger partial charge in [-0.25, -0.2) is 9.88 Å². The number of carbonyl (C=O) groups excluding carboxylic acids is 2. The lowest BCUT2D eigenvalue weighted by atomic mass is 9.75. The van der Waals surface area contributed by atoms with Crippen LogP contribution in [0, 0.1) is 17.8 Å². The van der Waals surface area contributed by atoms with Crippen molar-refractivity contribution < 1.29 is 22.8 Å². The van der Waals surface area contributed by atoms with E-state index in [0.717, 1.165) is 12.1 Å². The van der Waals surface area contributed by atoms with Gasteiger partial charge < -0.3 is 0 Å². The smallest absolute Gasteiger partial charge is 0.297 e. The van der Waals surface area contributed by atoms with Gasteiger partial charge in [0.25, 0.3) is 5.56 Å². The summed E-state index contributed by atoms with van der Waals surface area (Å²) in [4.78, 5) is 48.0. The van der Waals surface area contributed by atoms with E-state index < -0.39 is 52.7 Å². The summed E-state index contributed by atoms with van der Waals surface area (Å²) in [6.45, 7) is 3.96. The maximum Gasteiger partial charge on any atom is 0.418 e. The topological polar surface area (TPSA) is 84.3 Å². The van der Waals surface area contributed by atoms with Crippen molar-refractivity contribution in [2.45, 2.75) is 38.0 Å². The zero-order chi connectivity index (χ0) is 28.8. The first-order valence-corrected chi connectivity index (χ1v) is 13.5. The fraction of sp³-hybridized carbons (Fsp3) is 0.290. The Morgan fingerprint density at radius 2 is 1.56 bits per heavy atom. The summed E-state index contributed by atoms with van der Waals surface area (Å²) in [5.41, 5.74) is -1.73. The largest absolute Gasteiger partial charge is 0.418 e. The highest BCUT2D eigenvalue weighted by Crippen LogP contribution is 2.56. The quantitative estimate of drug-likeness (QED) is 0.366. The van der Waals surface area contributed by atoms with Crippen molar-refractivity contribution in [3.05, 3.63) is 100 Å². The van der Waals surface area contributed by atoms with E-state index >= 15 is 0 Å². The standard InChI is InChI=1S/C31H25F3N4O3/c1-16(2)15-21-24-25(28(41)37(27(24)40)23-14-8-5-11-19(23)31(32,33)34)30(36-21)18-10-4-7-13-22(18)38-26(39)17-9-3-6-12-20(17)35-29(30)38/h3-14,16,21,24-25,36H,15H2,1-2H3/t21-,24-,25+,30-/m0/s1. The molecule has 0 saturated carbocycles. The molecule has 4 atom stereocenters. The first-order chi connectivity index (χ1) is 19.6. The van der Waals surface area contributed by atoms with Gasteiger partial charge in [0.1, 0.15) is 11.4 Å². The van der Waals surface area contributed by atoms with E-state index in [1.165, 1.54) is 16.7 Å². The number of alkyl halides is 3. The van der Waals surface area contributed by atoms with Crippen molar-refractivity contribution >= 4 is 28.4 Å². The van der Waals surface area contributed by atoms with Crippen molar-refractivity contribution in [1.29, 1.82) is 0 Å². The van der Waals surface area contributed by atoms with E-state index in [-0.39, 0.29) is 17.3 Å². The maximum absolute atomic E-state index is 14.4. The molecule has 208 valence electrons. The Hall–Kier alpha value is -4.31. The average molecular weight is 559 g/mol. The van der Waals surface area contributed by atoms with Crippen LogP contribution in [0.15, 0.2) is 77.6 Å². The summed E-state index contributed by atoms with van der Waals surface area (Å²) in [7, 11) is 0. The number of fused-ring (bicyclic) bond motifs is 8. The number of rotatable bonds is 3. The molecule has 0 bridgehead atoms. The fourth-order valence-corrected chi connectivity index (χ4v) is 7.08. The molecule has 7 nitrogen and oxygen atoms in total. The molecule has 1 aromatic heterocycles. The van der Waals surface area contributed by atoms with Crippen LogP contribution in [0.2, 0.25) is 0 Å². The van der Waals surface area contributed by atoms with Crippen molar-refractivity contribution in [1.82, 2.24) is 14.9 Å². The summed E-state index contributed by atoms with van der Waals surface area (Å²) >= 11 is 0. The first kappa shape index (κ1) is 25.6. The molecular weight excluding hydrogens is 533 g/mol. The molecular formula is C31H25F3N4O3. The van der Waals surface area contributed by atoms with Crippen LogP contribution in [0.4, 0.5) is 18.9 Å². The highest BCUT2D eigenvalue weighted by Gasteiger charge is 2.70. The molecule has 4 heterocycles. The highest BCUT2D eigenvalue weighted by atomic mass is 19.4. The number of anilines is 1. The lowest BCUT2D eigenvalue weighted by Gasteiger charge is -2.32.